The van der Waals surface area contributed by atoms with E-state index in [1.807, 2.05) is 24.3 Å². The fraction of sp³-hybridized carbons (Fsp3) is 0.370. The zero-order valence-corrected chi connectivity index (χ0v) is 18.9. The summed E-state index contributed by atoms with van der Waals surface area (Å²) in [7, 11) is 0. The van der Waals surface area contributed by atoms with Gasteiger partial charge in [0, 0.05) is 12.0 Å². The molecule has 0 unspecified atom stereocenters. The highest BCUT2D eigenvalue weighted by atomic mass is 16.2. The maximum atomic E-state index is 12.1. The van der Waals surface area contributed by atoms with Crippen LogP contribution in [0.3, 0.4) is 0 Å². The van der Waals surface area contributed by atoms with Crippen LogP contribution in [0, 0.1) is 0 Å². The molecule has 0 aromatic heterocycles. The normalized spacial score (nSPS) is 11.3. The molecule has 2 amide bonds. The molecule has 3 aromatic rings. The van der Waals surface area contributed by atoms with Crippen LogP contribution < -0.4 is 10.7 Å². The van der Waals surface area contributed by atoms with Gasteiger partial charge in [-0.2, -0.15) is 5.10 Å². The van der Waals surface area contributed by atoms with Gasteiger partial charge in [-0.15, -0.1) is 0 Å². The maximum Gasteiger partial charge on any atom is 0.259 e. The van der Waals surface area contributed by atoms with Crippen LogP contribution in [0.25, 0.3) is 21.5 Å². The molecule has 0 saturated heterocycles. The summed E-state index contributed by atoms with van der Waals surface area (Å²) in [4.78, 5) is 24.0. The summed E-state index contributed by atoms with van der Waals surface area (Å²) in [6, 6.07) is 18.4. The van der Waals surface area contributed by atoms with E-state index in [-0.39, 0.29) is 18.4 Å². The lowest BCUT2D eigenvalue weighted by molar-refractivity contribution is -0.126. The molecule has 5 nitrogen and oxygen atoms in total. The Morgan fingerprint density at radius 3 is 2.06 bits per heavy atom. The highest BCUT2D eigenvalue weighted by molar-refractivity contribution is 6.13. The lowest BCUT2D eigenvalue weighted by Crippen LogP contribution is -2.34. The van der Waals surface area contributed by atoms with Crippen molar-refractivity contribution in [2.75, 3.05) is 6.54 Å². The van der Waals surface area contributed by atoms with Crippen molar-refractivity contribution in [2.45, 2.75) is 58.3 Å². The van der Waals surface area contributed by atoms with Gasteiger partial charge in [0.1, 0.15) is 0 Å². The molecule has 3 rings (SSSR count). The van der Waals surface area contributed by atoms with Crippen molar-refractivity contribution < 1.29 is 9.59 Å². The predicted octanol–water partition coefficient (Wildman–Crippen LogP) is 5.70. The first-order valence-electron chi connectivity index (χ1n) is 11.7. The molecule has 0 bridgehead atoms. The number of carbonyl (C=O) groups excluding carboxylic acids is 2. The summed E-state index contributed by atoms with van der Waals surface area (Å²) in [5.41, 5.74) is 3.49. The first-order valence-corrected chi connectivity index (χ1v) is 11.7. The van der Waals surface area contributed by atoms with Crippen LogP contribution in [0.1, 0.15) is 63.9 Å². The highest BCUT2D eigenvalue weighted by Crippen LogP contribution is 2.27. The molecular weight excluding hydrogens is 398 g/mol. The van der Waals surface area contributed by atoms with Crippen molar-refractivity contribution in [3.63, 3.8) is 0 Å². The lowest BCUT2D eigenvalue weighted by Gasteiger charge is -2.08. The minimum atomic E-state index is -0.335. The monoisotopic (exact) mass is 431 g/mol. The van der Waals surface area contributed by atoms with Crippen LogP contribution in [0.5, 0.6) is 0 Å². The average molecular weight is 432 g/mol. The van der Waals surface area contributed by atoms with Gasteiger partial charge in [0.25, 0.3) is 5.91 Å². The number of nitrogens with one attached hydrogen (secondary N) is 2. The Morgan fingerprint density at radius 2 is 1.41 bits per heavy atom. The van der Waals surface area contributed by atoms with Crippen molar-refractivity contribution in [3.05, 3.63) is 60.2 Å². The van der Waals surface area contributed by atoms with Crippen LogP contribution >= 0.6 is 0 Å². The Kier molecular flexibility index (Phi) is 9.23. The van der Waals surface area contributed by atoms with Crippen LogP contribution in [-0.4, -0.2) is 24.6 Å². The largest absolute Gasteiger partial charge is 0.347 e. The quantitative estimate of drug-likeness (QED) is 0.167. The first-order chi connectivity index (χ1) is 15.7. The molecule has 5 heteroatoms. The molecule has 0 saturated carbocycles. The lowest BCUT2D eigenvalue weighted by atomic mass is 9.97. The van der Waals surface area contributed by atoms with Crippen molar-refractivity contribution in [1.82, 2.24) is 10.7 Å². The summed E-state index contributed by atoms with van der Waals surface area (Å²) in [5.74, 6) is -0.420. The number of hydrazone groups is 1. The van der Waals surface area contributed by atoms with Crippen molar-refractivity contribution >= 4 is 39.6 Å². The van der Waals surface area contributed by atoms with Gasteiger partial charge in [-0.1, -0.05) is 94.0 Å². The molecule has 0 fully saturated rings. The van der Waals surface area contributed by atoms with E-state index < -0.39 is 0 Å². The van der Waals surface area contributed by atoms with Gasteiger partial charge in [0.15, 0.2) is 0 Å². The van der Waals surface area contributed by atoms with E-state index in [1.165, 1.54) is 32.1 Å². The van der Waals surface area contributed by atoms with E-state index in [2.05, 4.69) is 53.1 Å². The minimum Gasteiger partial charge on any atom is -0.347 e. The number of hydrogen-bond acceptors (Lipinski definition) is 3. The number of carbonyl (C=O) groups is 2. The van der Waals surface area contributed by atoms with Crippen LogP contribution in [0.15, 0.2) is 59.7 Å². The van der Waals surface area contributed by atoms with E-state index in [4.69, 9.17) is 0 Å². The Labute approximate surface area is 190 Å². The van der Waals surface area contributed by atoms with E-state index in [0.717, 1.165) is 39.9 Å². The summed E-state index contributed by atoms with van der Waals surface area (Å²) in [6.07, 6.45) is 10.3. The summed E-state index contributed by atoms with van der Waals surface area (Å²) >= 11 is 0. The molecule has 0 aliphatic carbocycles. The third-order valence-electron chi connectivity index (χ3n) is 5.65. The van der Waals surface area contributed by atoms with Crippen LogP contribution in [0.2, 0.25) is 0 Å². The Balaban J connectivity index is 1.47. The van der Waals surface area contributed by atoms with Crippen molar-refractivity contribution in [2.24, 2.45) is 5.10 Å². The van der Waals surface area contributed by atoms with Gasteiger partial charge >= 0.3 is 0 Å². The Bertz CT molecular complexity index is 1020. The van der Waals surface area contributed by atoms with Gasteiger partial charge in [0.2, 0.25) is 5.91 Å². The summed E-state index contributed by atoms with van der Waals surface area (Å²) < 4.78 is 0. The fourth-order valence-electron chi connectivity index (χ4n) is 3.91. The smallest absolute Gasteiger partial charge is 0.259 e. The van der Waals surface area contributed by atoms with Gasteiger partial charge in [-0.05, 0) is 34.0 Å². The fourth-order valence-corrected chi connectivity index (χ4v) is 3.91. The number of fused-ring (bicyclic) bond motifs is 2. The van der Waals surface area contributed by atoms with Crippen molar-refractivity contribution in [1.29, 1.82) is 0 Å². The maximum absolute atomic E-state index is 12.1. The molecule has 0 aliphatic rings. The Morgan fingerprint density at radius 1 is 0.812 bits per heavy atom. The molecule has 0 atom stereocenters. The van der Waals surface area contributed by atoms with Crippen LogP contribution in [0.4, 0.5) is 0 Å². The van der Waals surface area contributed by atoms with Gasteiger partial charge in [0.05, 0.1) is 12.8 Å². The number of nitrogens with zero attached hydrogens (tertiary/aromatic N) is 1. The van der Waals surface area contributed by atoms with E-state index in [0.29, 0.717) is 6.42 Å². The molecular formula is C27H33N3O2. The molecule has 32 heavy (non-hydrogen) atoms. The third-order valence-corrected chi connectivity index (χ3v) is 5.65. The van der Waals surface area contributed by atoms with Crippen LogP contribution in [-0.2, 0) is 9.59 Å². The minimum absolute atomic E-state index is 0.0665. The second-order valence-electron chi connectivity index (χ2n) is 8.17. The second kappa shape index (κ2) is 12.6. The number of rotatable bonds is 12. The van der Waals surface area contributed by atoms with E-state index in [9.17, 15) is 9.59 Å². The number of benzene rings is 3. The average Bonchev–Trinajstić information content (AvgIpc) is 2.81. The van der Waals surface area contributed by atoms with Gasteiger partial charge < -0.3 is 5.32 Å². The number of hydrogen-bond donors (Lipinski definition) is 2. The molecule has 168 valence electrons. The summed E-state index contributed by atoms with van der Waals surface area (Å²) in [5, 5.41) is 11.2. The SMILES string of the molecule is CCCCCCCCCC(=O)NCC(=O)N/N=C\c1c2ccccc2cc2ccccc12. The van der Waals surface area contributed by atoms with E-state index >= 15 is 0 Å². The molecule has 0 spiro atoms. The zero-order valence-electron chi connectivity index (χ0n) is 18.9. The Hall–Kier alpha value is -3.21. The van der Waals surface area contributed by atoms with Gasteiger partial charge in [-0.25, -0.2) is 5.43 Å². The zero-order chi connectivity index (χ0) is 22.6. The van der Waals surface area contributed by atoms with Crippen molar-refractivity contribution in [3.8, 4) is 0 Å². The number of unbranched alkanes of at least 4 members (excludes halogenated alkanes) is 6. The first kappa shape index (κ1) is 23.5. The molecule has 0 heterocycles. The standard InChI is InChI=1S/C27H33N3O2/c1-2-3-4-5-6-7-8-17-26(31)28-20-27(32)30-29-19-25-23-15-11-9-13-21(23)18-22-14-10-12-16-24(22)25/h9-16,18-19H,2-8,17,20H2,1H3,(H,28,31)(H,30,32)/b29-19-. The van der Waals surface area contributed by atoms with Gasteiger partial charge in [-0.3, -0.25) is 9.59 Å². The number of amides is 2. The molecule has 3 aromatic carbocycles. The molecule has 0 aliphatic heterocycles. The second-order valence-corrected chi connectivity index (χ2v) is 8.17. The molecule has 0 radical (unpaired) electrons. The third kappa shape index (κ3) is 6.91. The summed E-state index contributed by atoms with van der Waals surface area (Å²) in [6.45, 7) is 2.14. The predicted molar refractivity (Wildman–Crippen MR) is 133 cm³/mol. The topological polar surface area (TPSA) is 70.6 Å². The van der Waals surface area contributed by atoms with E-state index in [1.54, 1.807) is 6.21 Å². The highest BCUT2D eigenvalue weighted by Gasteiger charge is 2.07. The molecule has 2 N–H and O–H groups in total.